The summed E-state index contributed by atoms with van der Waals surface area (Å²) in [5, 5.41) is 12.1. The van der Waals surface area contributed by atoms with E-state index in [-0.39, 0.29) is 18.4 Å². The Morgan fingerprint density at radius 1 is 1.29 bits per heavy atom. The number of aromatic nitrogens is 2. The molecule has 2 N–H and O–H groups in total. The zero-order chi connectivity index (χ0) is 21.8. The molecule has 1 aliphatic carbocycles. The number of aromatic amines is 1. The van der Waals surface area contributed by atoms with E-state index in [9.17, 15) is 14.4 Å². The van der Waals surface area contributed by atoms with Crippen LogP contribution in [0.1, 0.15) is 41.1 Å². The molecule has 0 saturated heterocycles. The fourth-order valence-electron chi connectivity index (χ4n) is 3.63. The van der Waals surface area contributed by atoms with Crippen molar-refractivity contribution in [3.05, 3.63) is 56.4 Å². The Kier molecular flexibility index (Phi) is 6.09. The number of rotatable bonds is 6. The zero-order valence-electron chi connectivity index (χ0n) is 16.7. The van der Waals surface area contributed by atoms with Crippen molar-refractivity contribution in [3.63, 3.8) is 0 Å². The van der Waals surface area contributed by atoms with E-state index < -0.39 is 18.5 Å². The lowest BCUT2D eigenvalue weighted by atomic mass is 9.97. The molecule has 158 valence electrons. The van der Waals surface area contributed by atoms with Gasteiger partial charge in [0.1, 0.15) is 10.7 Å². The second kappa shape index (κ2) is 9.10. The molecule has 0 fully saturated rings. The van der Waals surface area contributed by atoms with Gasteiger partial charge in [0, 0.05) is 17.0 Å². The number of ether oxygens (including phenoxy) is 1. The summed E-state index contributed by atoms with van der Waals surface area (Å²) in [6.07, 6.45) is 4.33. The second-order valence-corrected chi connectivity index (χ2v) is 8.39. The molecule has 0 unspecified atom stereocenters. The van der Waals surface area contributed by atoms with E-state index in [0.717, 1.165) is 36.1 Å². The van der Waals surface area contributed by atoms with Gasteiger partial charge in [0.15, 0.2) is 6.61 Å². The van der Waals surface area contributed by atoms with Gasteiger partial charge in [0.05, 0.1) is 23.4 Å². The number of nitrogens with zero attached hydrogens (tertiary/aromatic N) is 2. The second-order valence-electron chi connectivity index (χ2n) is 7.31. The lowest BCUT2D eigenvalue weighted by molar-refractivity contribution is -0.147. The Morgan fingerprint density at radius 3 is 2.97 bits per heavy atom. The smallest absolute Gasteiger partial charge is 0.306 e. The average Bonchev–Trinajstić information content (AvgIpc) is 3.15. The van der Waals surface area contributed by atoms with Crippen LogP contribution in [0.15, 0.2) is 29.1 Å². The quantitative estimate of drug-likeness (QED) is 0.573. The molecule has 31 heavy (non-hydrogen) atoms. The maximum Gasteiger partial charge on any atom is 0.306 e. The summed E-state index contributed by atoms with van der Waals surface area (Å²) in [7, 11) is 0. The molecule has 2 heterocycles. The summed E-state index contributed by atoms with van der Waals surface area (Å²) in [6.45, 7) is -0.434. The Morgan fingerprint density at radius 2 is 2.13 bits per heavy atom. The largest absolute Gasteiger partial charge is 0.456 e. The minimum Gasteiger partial charge on any atom is -0.456 e. The van der Waals surface area contributed by atoms with Gasteiger partial charge in [-0.1, -0.05) is 6.07 Å². The van der Waals surface area contributed by atoms with Gasteiger partial charge in [0.2, 0.25) is 0 Å². The number of esters is 1. The molecule has 0 spiro atoms. The summed E-state index contributed by atoms with van der Waals surface area (Å²) in [4.78, 5) is 45.8. The number of nitrogens with one attached hydrogen (secondary N) is 2. The van der Waals surface area contributed by atoms with Crippen LogP contribution in [0.2, 0.25) is 0 Å². The van der Waals surface area contributed by atoms with E-state index >= 15 is 0 Å². The minimum absolute atomic E-state index is 0.00324. The van der Waals surface area contributed by atoms with Crippen molar-refractivity contribution in [3.8, 4) is 6.07 Å². The minimum atomic E-state index is -0.561. The maximum atomic E-state index is 12.5. The summed E-state index contributed by atoms with van der Waals surface area (Å²) in [5.41, 5.74) is 1.83. The molecular formula is C22H20N4O4S. The van der Waals surface area contributed by atoms with E-state index in [1.807, 2.05) is 6.07 Å². The van der Waals surface area contributed by atoms with Crippen LogP contribution in [0.25, 0.3) is 10.2 Å². The fraction of sp³-hybridized carbons (Fsp3) is 0.318. The topological polar surface area (TPSA) is 125 Å². The normalized spacial score (nSPS) is 12.7. The third kappa shape index (κ3) is 4.81. The van der Waals surface area contributed by atoms with E-state index in [0.29, 0.717) is 22.5 Å². The number of H-pyrrole nitrogens is 1. The van der Waals surface area contributed by atoms with Crippen LogP contribution in [-0.4, -0.2) is 28.5 Å². The highest BCUT2D eigenvalue weighted by molar-refractivity contribution is 7.18. The molecule has 0 bridgehead atoms. The molecule has 0 saturated carbocycles. The highest BCUT2D eigenvalue weighted by Crippen LogP contribution is 2.33. The van der Waals surface area contributed by atoms with Gasteiger partial charge < -0.3 is 15.0 Å². The number of fused-ring (bicyclic) bond motifs is 3. The lowest BCUT2D eigenvalue weighted by Gasteiger charge is -2.09. The molecule has 4 rings (SSSR count). The lowest BCUT2D eigenvalue weighted by Crippen LogP contribution is -2.21. The molecule has 0 radical (unpaired) electrons. The summed E-state index contributed by atoms with van der Waals surface area (Å²) in [5.74, 6) is -0.625. The first-order valence-corrected chi connectivity index (χ1v) is 10.8. The van der Waals surface area contributed by atoms with Crippen LogP contribution in [-0.2, 0) is 33.6 Å². The van der Waals surface area contributed by atoms with Crippen molar-refractivity contribution < 1.29 is 14.3 Å². The molecule has 0 atom stereocenters. The molecule has 1 amide bonds. The van der Waals surface area contributed by atoms with Gasteiger partial charge in [-0.25, -0.2) is 4.98 Å². The van der Waals surface area contributed by atoms with Crippen molar-refractivity contribution in [2.24, 2.45) is 0 Å². The third-order valence-corrected chi connectivity index (χ3v) is 6.27. The van der Waals surface area contributed by atoms with Gasteiger partial charge in [-0.15, -0.1) is 11.3 Å². The Hall–Kier alpha value is -3.51. The summed E-state index contributed by atoms with van der Waals surface area (Å²) < 4.78 is 5.01. The molecule has 3 aromatic rings. The number of carbonyl (C=O) groups excluding carboxylic acids is 2. The number of benzene rings is 1. The highest BCUT2D eigenvalue weighted by atomic mass is 32.1. The fourth-order valence-corrected chi connectivity index (χ4v) is 4.91. The number of aryl methyl sites for hydroxylation is 3. The Labute approximate surface area is 181 Å². The third-order valence-electron chi connectivity index (χ3n) is 5.08. The van der Waals surface area contributed by atoms with Gasteiger partial charge in [0.25, 0.3) is 11.5 Å². The van der Waals surface area contributed by atoms with E-state index in [1.165, 1.54) is 10.9 Å². The first-order valence-electron chi connectivity index (χ1n) is 10.0. The molecule has 8 nitrogen and oxygen atoms in total. The van der Waals surface area contributed by atoms with Gasteiger partial charge >= 0.3 is 5.97 Å². The van der Waals surface area contributed by atoms with Crippen molar-refractivity contribution in [1.82, 2.24) is 9.97 Å². The number of carbonyl (C=O) groups is 2. The van der Waals surface area contributed by atoms with Crippen LogP contribution in [0, 0.1) is 11.3 Å². The van der Waals surface area contributed by atoms with Crippen LogP contribution in [0.3, 0.4) is 0 Å². The van der Waals surface area contributed by atoms with Gasteiger partial charge in [-0.05, 0) is 49.4 Å². The monoisotopic (exact) mass is 436 g/mol. The van der Waals surface area contributed by atoms with Crippen molar-refractivity contribution in [1.29, 1.82) is 5.26 Å². The van der Waals surface area contributed by atoms with Gasteiger partial charge in [-0.2, -0.15) is 5.26 Å². The van der Waals surface area contributed by atoms with E-state index in [4.69, 9.17) is 10.00 Å². The molecule has 9 heteroatoms. The zero-order valence-corrected chi connectivity index (χ0v) is 17.5. The maximum absolute atomic E-state index is 12.5. The number of hydrogen-bond donors (Lipinski definition) is 2. The molecular weight excluding hydrogens is 416 g/mol. The van der Waals surface area contributed by atoms with Crippen LogP contribution < -0.4 is 10.9 Å². The number of anilines is 1. The van der Waals surface area contributed by atoms with Crippen LogP contribution in [0.4, 0.5) is 5.69 Å². The average molecular weight is 436 g/mol. The van der Waals surface area contributed by atoms with Crippen LogP contribution >= 0.6 is 11.3 Å². The first kappa shape index (κ1) is 20.8. The van der Waals surface area contributed by atoms with Crippen LogP contribution in [0.5, 0.6) is 0 Å². The van der Waals surface area contributed by atoms with Crippen molar-refractivity contribution >= 4 is 39.1 Å². The molecule has 1 aliphatic rings. The Balaban J connectivity index is 1.31. The SMILES string of the molecule is N#Cc1cccc(NC(=O)COC(=O)CCc2nc3sc4c(c3c(=O)[nH]2)CCCC4)c1. The standard InChI is InChI=1S/C22H20N4O4S/c23-11-13-4-3-5-14(10-13)24-18(27)12-30-19(28)9-8-17-25-21(29)20-15-6-1-2-7-16(15)31-22(20)26-17/h3-5,10H,1-2,6-9,12H2,(H,24,27)(H,25,26,29). The predicted octanol–water partition coefficient (Wildman–Crippen LogP) is 2.85. The van der Waals surface area contributed by atoms with E-state index in [2.05, 4.69) is 15.3 Å². The molecule has 1 aromatic carbocycles. The van der Waals surface area contributed by atoms with E-state index in [1.54, 1.807) is 29.5 Å². The summed E-state index contributed by atoms with van der Waals surface area (Å²) in [6, 6.07) is 8.42. The Bertz CT molecular complexity index is 1250. The van der Waals surface area contributed by atoms with Crippen molar-refractivity contribution in [2.75, 3.05) is 11.9 Å². The number of thiophene rings is 1. The molecule has 2 aromatic heterocycles. The number of hydrogen-bond acceptors (Lipinski definition) is 7. The number of nitriles is 1. The number of amides is 1. The molecule has 0 aliphatic heterocycles. The van der Waals surface area contributed by atoms with Gasteiger partial charge in [-0.3, -0.25) is 14.4 Å². The summed E-state index contributed by atoms with van der Waals surface area (Å²) >= 11 is 1.56. The highest BCUT2D eigenvalue weighted by Gasteiger charge is 2.20. The predicted molar refractivity (Wildman–Crippen MR) is 116 cm³/mol. The first-order chi connectivity index (χ1) is 15.0. The van der Waals surface area contributed by atoms with Crippen molar-refractivity contribution in [2.45, 2.75) is 38.5 Å².